The number of unbranched alkanes of at least 4 members (excludes halogenated alkanes) is 3. The highest BCUT2D eigenvalue weighted by Crippen LogP contribution is 2.31. The Bertz CT molecular complexity index is 828. The fourth-order valence-electron chi connectivity index (χ4n) is 3.27. The Morgan fingerprint density at radius 2 is 1.73 bits per heavy atom. The molecule has 0 saturated heterocycles. The predicted molar refractivity (Wildman–Crippen MR) is 119 cm³/mol. The van der Waals surface area contributed by atoms with Gasteiger partial charge in [0, 0.05) is 12.1 Å². The molecule has 0 saturated carbocycles. The van der Waals surface area contributed by atoms with Crippen LogP contribution in [0.4, 0.5) is 10.1 Å². The quantitative estimate of drug-likeness (QED) is 0.261. The molecule has 0 aliphatic rings. The summed E-state index contributed by atoms with van der Waals surface area (Å²) in [5.41, 5.74) is 6.82. The molecule has 2 unspecified atom stereocenters. The molecule has 0 aromatic heterocycles. The van der Waals surface area contributed by atoms with E-state index in [1.54, 1.807) is 24.3 Å². The smallest absolute Gasteiger partial charge is 0.311 e. The second-order valence-electron chi connectivity index (χ2n) is 7.23. The van der Waals surface area contributed by atoms with Gasteiger partial charge in [-0.15, -0.1) is 0 Å². The maximum atomic E-state index is 13.9. The van der Waals surface area contributed by atoms with Gasteiger partial charge in [0.25, 0.3) is 0 Å². The van der Waals surface area contributed by atoms with E-state index in [9.17, 15) is 19.4 Å². The number of anilines is 1. The van der Waals surface area contributed by atoms with E-state index >= 15 is 0 Å². The molecule has 164 valence electrons. The molecule has 0 aliphatic carbocycles. The Kier molecular flexibility index (Phi) is 9.85. The number of aliphatic carboxylic acids is 1. The molecule has 30 heavy (non-hydrogen) atoms. The molecule has 0 radical (unpaired) electrons. The minimum absolute atomic E-state index is 0.239. The zero-order chi connectivity index (χ0) is 22.1. The van der Waals surface area contributed by atoms with E-state index in [0.717, 1.165) is 19.3 Å². The number of nitrogen functional groups attached to an aromatic ring is 1. The number of halogens is 3. The molecule has 2 aromatic rings. The Hall–Kier alpha value is -1.86. The second-order valence-corrected chi connectivity index (χ2v) is 8.05. The summed E-state index contributed by atoms with van der Waals surface area (Å²) < 4.78 is 13.9. The molecular weight excluding hydrogens is 430 g/mol. The van der Waals surface area contributed by atoms with E-state index < -0.39 is 23.8 Å². The van der Waals surface area contributed by atoms with Gasteiger partial charge in [0.1, 0.15) is 5.82 Å². The Labute approximate surface area is 186 Å². The lowest BCUT2D eigenvalue weighted by Crippen LogP contribution is -2.22. The zero-order valence-corrected chi connectivity index (χ0v) is 18.1. The Morgan fingerprint density at radius 3 is 2.37 bits per heavy atom. The van der Waals surface area contributed by atoms with E-state index in [0.29, 0.717) is 47.2 Å². The van der Waals surface area contributed by atoms with Crippen molar-refractivity contribution in [2.45, 2.75) is 44.1 Å². The van der Waals surface area contributed by atoms with Gasteiger partial charge in [-0.3, -0.25) is 4.79 Å². The first kappa shape index (κ1) is 24.4. The van der Waals surface area contributed by atoms with Gasteiger partial charge in [-0.2, -0.15) is 0 Å². The van der Waals surface area contributed by atoms with Gasteiger partial charge in [-0.05, 0) is 43.1 Å². The Balaban J connectivity index is 1.65. The van der Waals surface area contributed by atoms with Crippen LogP contribution in [0.25, 0.3) is 0 Å². The van der Waals surface area contributed by atoms with Crippen molar-refractivity contribution in [3.63, 3.8) is 0 Å². The third-order valence-corrected chi connectivity index (χ3v) is 5.62. The number of aliphatic hydroxyl groups excluding tert-OH is 1. The normalized spacial score (nSPS) is 13.2. The predicted octanol–water partition coefficient (Wildman–Crippen LogP) is 5.16. The highest BCUT2D eigenvalue weighted by molar-refractivity contribution is 6.38. The first-order chi connectivity index (χ1) is 14.3. The molecule has 0 aliphatic heterocycles. The summed E-state index contributed by atoms with van der Waals surface area (Å²) in [4.78, 5) is 11.5. The average molecular weight is 457 g/mol. The number of carboxylic acid groups (broad SMARTS) is 1. The number of benzene rings is 2. The molecular formula is C22H27Cl2FN2O3. The molecule has 2 atom stereocenters. The van der Waals surface area contributed by atoms with Crippen LogP contribution in [0, 0.1) is 5.82 Å². The van der Waals surface area contributed by atoms with Gasteiger partial charge in [0.2, 0.25) is 0 Å². The summed E-state index contributed by atoms with van der Waals surface area (Å²) >= 11 is 12.0. The maximum Gasteiger partial charge on any atom is 0.311 e. The molecule has 0 spiro atoms. The summed E-state index contributed by atoms with van der Waals surface area (Å²) in [6.45, 7) is 1.06. The van der Waals surface area contributed by atoms with Gasteiger partial charge in [-0.1, -0.05) is 60.7 Å². The van der Waals surface area contributed by atoms with E-state index in [2.05, 4.69) is 5.32 Å². The molecule has 5 N–H and O–H groups in total. The number of aliphatic hydroxyl groups is 1. The van der Waals surface area contributed by atoms with Crippen LogP contribution in [0.2, 0.25) is 10.0 Å². The number of nitrogens with one attached hydrogen (secondary N) is 1. The second kappa shape index (κ2) is 12.1. The minimum atomic E-state index is -1.00. The number of carbonyl (C=O) groups is 1. The number of hydrogen-bond acceptors (Lipinski definition) is 4. The van der Waals surface area contributed by atoms with Crippen LogP contribution in [-0.2, 0) is 4.79 Å². The van der Waals surface area contributed by atoms with Crippen LogP contribution >= 0.6 is 23.2 Å². The lowest BCUT2D eigenvalue weighted by atomic mass is 9.92. The summed E-state index contributed by atoms with van der Waals surface area (Å²) in [7, 11) is 0. The van der Waals surface area contributed by atoms with E-state index in [4.69, 9.17) is 28.9 Å². The average Bonchev–Trinajstić information content (AvgIpc) is 2.71. The number of nitrogens with two attached hydrogens (primary N) is 1. The molecule has 5 nitrogen and oxygen atoms in total. The molecule has 2 aromatic carbocycles. The topological polar surface area (TPSA) is 95.6 Å². The third kappa shape index (κ3) is 7.13. The van der Waals surface area contributed by atoms with Gasteiger partial charge in [0.05, 0.1) is 27.8 Å². The first-order valence-electron chi connectivity index (χ1n) is 9.91. The summed E-state index contributed by atoms with van der Waals surface area (Å²) in [6, 6.07) is 9.23. The molecule has 0 amide bonds. The van der Waals surface area contributed by atoms with Crippen LogP contribution in [0.1, 0.15) is 55.3 Å². The van der Waals surface area contributed by atoms with Crippen molar-refractivity contribution in [1.82, 2.24) is 5.32 Å². The summed E-state index contributed by atoms with van der Waals surface area (Å²) in [5, 5.41) is 23.4. The maximum absolute atomic E-state index is 13.9. The molecule has 0 bridgehead atoms. The fourth-order valence-corrected chi connectivity index (χ4v) is 3.78. The standard InChI is InChI=1S/C22H27Cl2FN2O3/c23-17-11-14(12-18(24)21(17)26)20(28)13-27-10-6-2-1-3-8-16(22(29)30)15-7-4-5-9-19(15)25/h4-5,7,9,11-12,16,20,27-28H,1-3,6,8,10,13,26H2,(H,29,30). The van der Waals surface area contributed by atoms with Crippen LogP contribution < -0.4 is 11.1 Å². The van der Waals surface area contributed by atoms with Crippen molar-refractivity contribution in [2.75, 3.05) is 18.8 Å². The number of hydrogen-bond donors (Lipinski definition) is 4. The third-order valence-electron chi connectivity index (χ3n) is 5.00. The minimum Gasteiger partial charge on any atom is -0.481 e. The van der Waals surface area contributed by atoms with Gasteiger partial charge in [0.15, 0.2) is 0 Å². The van der Waals surface area contributed by atoms with Crippen LogP contribution in [0.5, 0.6) is 0 Å². The van der Waals surface area contributed by atoms with Crippen molar-refractivity contribution < 1.29 is 19.4 Å². The van der Waals surface area contributed by atoms with E-state index in [1.807, 2.05) is 0 Å². The van der Waals surface area contributed by atoms with Crippen LogP contribution in [0.3, 0.4) is 0 Å². The van der Waals surface area contributed by atoms with Gasteiger partial charge >= 0.3 is 5.97 Å². The molecule has 8 heteroatoms. The van der Waals surface area contributed by atoms with E-state index in [-0.39, 0.29) is 5.56 Å². The molecule has 0 fully saturated rings. The van der Waals surface area contributed by atoms with Gasteiger partial charge in [-0.25, -0.2) is 4.39 Å². The first-order valence-corrected chi connectivity index (χ1v) is 10.7. The van der Waals surface area contributed by atoms with Crippen LogP contribution in [0.15, 0.2) is 36.4 Å². The lowest BCUT2D eigenvalue weighted by Gasteiger charge is -2.15. The van der Waals surface area contributed by atoms with Crippen molar-refractivity contribution in [2.24, 2.45) is 0 Å². The number of carboxylic acids is 1. The number of rotatable bonds is 12. The highest BCUT2D eigenvalue weighted by Gasteiger charge is 2.22. The SMILES string of the molecule is Nc1c(Cl)cc(C(O)CNCCCCCCC(C(=O)O)c2ccccc2F)cc1Cl. The zero-order valence-electron chi connectivity index (χ0n) is 16.6. The lowest BCUT2D eigenvalue weighted by molar-refractivity contribution is -0.139. The van der Waals surface area contributed by atoms with Crippen LogP contribution in [-0.4, -0.2) is 29.3 Å². The van der Waals surface area contributed by atoms with Crippen molar-refractivity contribution >= 4 is 34.9 Å². The van der Waals surface area contributed by atoms with Crippen molar-refractivity contribution in [1.29, 1.82) is 0 Å². The summed E-state index contributed by atoms with van der Waals surface area (Å²) in [5.74, 6) is -2.30. The molecule has 2 rings (SSSR count). The fraction of sp³-hybridized carbons (Fsp3) is 0.409. The Morgan fingerprint density at radius 1 is 1.10 bits per heavy atom. The van der Waals surface area contributed by atoms with Gasteiger partial charge < -0.3 is 21.3 Å². The summed E-state index contributed by atoms with van der Waals surface area (Å²) in [6.07, 6.45) is 3.00. The van der Waals surface area contributed by atoms with E-state index in [1.165, 1.54) is 12.1 Å². The largest absolute Gasteiger partial charge is 0.481 e. The molecule has 0 heterocycles. The monoisotopic (exact) mass is 456 g/mol. The van der Waals surface area contributed by atoms with Crippen molar-refractivity contribution in [3.05, 3.63) is 63.4 Å². The highest BCUT2D eigenvalue weighted by atomic mass is 35.5. The van der Waals surface area contributed by atoms with Crippen molar-refractivity contribution in [3.8, 4) is 0 Å².